The van der Waals surface area contributed by atoms with Crippen LogP contribution in [0.5, 0.6) is 0 Å². The van der Waals surface area contributed by atoms with Gasteiger partial charge in [-0.1, -0.05) is 45.1 Å². The van der Waals surface area contributed by atoms with E-state index in [0.717, 1.165) is 31.4 Å². The first kappa shape index (κ1) is 24.2. The van der Waals surface area contributed by atoms with Crippen molar-refractivity contribution in [1.29, 1.82) is 0 Å². The number of alkyl halides is 3. The van der Waals surface area contributed by atoms with Crippen molar-refractivity contribution in [3.63, 3.8) is 0 Å². The van der Waals surface area contributed by atoms with E-state index < -0.39 is 29.0 Å². The molecule has 1 aliphatic rings. The zero-order valence-electron chi connectivity index (χ0n) is 17.3. The number of carbonyl (C=O) groups excluding carboxylic acids is 2. The number of ether oxygens (including phenoxy) is 1. The van der Waals surface area contributed by atoms with Gasteiger partial charge in [0.1, 0.15) is 5.82 Å². The summed E-state index contributed by atoms with van der Waals surface area (Å²) in [4.78, 5) is 26.0. The maximum atomic E-state index is 14.2. The number of hydrogen-bond acceptors (Lipinski definition) is 3. The molecule has 0 atom stereocenters. The lowest BCUT2D eigenvalue weighted by atomic mass is 9.96. The van der Waals surface area contributed by atoms with Gasteiger partial charge in [0.05, 0.1) is 23.7 Å². The fourth-order valence-electron chi connectivity index (χ4n) is 3.58. The SMILES string of the molecule is CCCCCCCCOC(=O)C1CCN(C(=O)c2cccc(C(F)(F)F)c2F)CC1. The molecule has 0 N–H and O–H groups in total. The molecular weight excluding hydrogens is 402 g/mol. The van der Waals surface area contributed by atoms with Crippen LogP contribution in [0.15, 0.2) is 18.2 Å². The number of rotatable bonds is 9. The van der Waals surface area contributed by atoms with Crippen LogP contribution < -0.4 is 0 Å². The van der Waals surface area contributed by atoms with E-state index in [0.29, 0.717) is 25.5 Å². The van der Waals surface area contributed by atoms with Crippen molar-refractivity contribution < 1.29 is 31.9 Å². The molecule has 4 nitrogen and oxygen atoms in total. The van der Waals surface area contributed by atoms with Crippen LogP contribution in [0.1, 0.15) is 74.2 Å². The molecule has 0 saturated carbocycles. The summed E-state index contributed by atoms with van der Waals surface area (Å²) >= 11 is 0. The van der Waals surface area contributed by atoms with Crippen LogP contribution in [0.3, 0.4) is 0 Å². The molecule has 1 heterocycles. The molecule has 8 heteroatoms. The third kappa shape index (κ3) is 6.71. The number of amides is 1. The molecule has 0 radical (unpaired) electrons. The molecule has 1 amide bonds. The largest absolute Gasteiger partial charge is 0.465 e. The highest BCUT2D eigenvalue weighted by Crippen LogP contribution is 2.33. The molecule has 30 heavy (non-hydrogen) atoms. The Balaban J connectivity index is 1.80. The topological polar surface area (TPSA) is 46.6 Å². The van der Waals surface area contributed by atoms with Gasteiger partial charge in [0.2, 0.25) is 0 Å². The lowest BCUT2D eigenvalue weighted by molar-refractivity contribution is -0.150. The van der Waals surface area contributed by atoms with E-state index >= 15 is 0 Å². The van der Waals surface area contributed by atoms with Gasteiger partial charge in [-0.2, -0.15) is 13.2 Å². The van der Waals surface area contributed by atoms with Crippen molar-refractivity contribution in [3.05, 3.63) is 35.1 Å². The highest BCUT2D eigenvalue weighted by atomic mass is 19.4. The van der Waals surface area contributed by atoms with E-state index in [2.05, 4.69) is 6.92 Å². The fraction of sp³-hybridized carbons (Fsp3) is 0.636. The Morgan fingerprint density at radius 3 is 2.33 bits per heavy atom. The molecule has 1 aliphatic heterocycles. The molecule has 0 aliphatic carbocycles. The summed E-state index contributed by atoms with van der Waals surface area (Å²) in [5.41, 5.74) is -2.06. The average molecular weight is 431 g/mol. The molecule has 0 spiro atoms. The highest BCUT2D eigenvalue weighted by Gasteiger charge is 2.37. The summed E-state index contributed by atoms with van der Waals surface area (Å²) in [6, 6.07) is 2.68. The smallest absolute Gasteiger partial charge is 0.419 e. The molecule has 1 saturated heterocycles. The number of likely N-dealkylation sites (tertiary alicyclic amines) is 1. The molecule has 0 aromatic heterocycles. The average Bonchev–Trinajstić information content (AvgIpc) is 2.72. The minimum Gasteiger partial charge on any atom is -0.465 e. The summed E-state index contributed by atoms with van der Waals surface area (Å²) in [6.45, 7) is 2.87. The van der Waals surface area contributed by atoms with Gasteiger partial charge in [-0.3, -0.25) is 9.59 Å². The lowest BCUT2D eigenvalue weighted by Crippen LogP contribution is -2.41. The first-order chi connectivity index (χ1) is 14.3. The molecule has 1 aromatic rings. The summed E-state index contributed by atoms with van der Waals surface area (Å²) < 4.78 is 58.1. The van der Waals surface area contributed by atoms with Crippen molar-refractivity contribution in [3.8, 4) is 0 Å². The predicted molar refractivity (Wildman–Crippen MR) is 104 cm³/mol. The van der Waals surface area contributed by atoms with Gasteiger partial charge >= 0.3 is 12.1 Å². The van der Waals surface area contributed by atoms with Crippen molar-refractivity contribution in [2.75, 3.05) is 19.7 Å². The first-order valence-corrected chi connectivity index (χ1v) is 10.6. The van der Waals surface area contributed by atoms with E-state index in [9.17, 15) is 27.2 Å². The Morgan fingerprint density at radius 2 is 1.70 bits per heavy atom. The minimum absolute atomic E-state index is 0.172. The Kier molecular flexibility index (Phi) is 9.11. The second-order valence-electron chi connectivity index (χ2n) is 7.67. The summed E-state index contributed by atoms with van der Waals surface area (Å²) in [6.07, 6.45) is 2.36. The van der Waals surface area contributed by atoms with Crippen LogP contribution in [0.2, 0.25) is 0 Å². The van der Waals surface area contributed by atoms with Gasteiger partial charge in [0.25, 0.3) is 5.91 Å². The van der Waals surface area contributed by atoms with Gasteiger partial charge < -0.3 is 9.64 Å². The number of nitrogens with zero attached hydrogens (tertiary/aromatic N) is 1. The van der Waals surface area contributed by atoms with Crippen LogP contribution in [-0.2, 0) is 15.7 Å². The van der Waals surface area contributed by atoms with Gasteiger partial charge in [-0.15, -0.1) is 0 Å². The van der Waals surface area contributed by atoms with Gasteiger partial charge in [0.15, 0.2) is 0 Å². The molecule has 2 rings (SSSR count). The zero-order valence-corrected chi connectivity index (χ0v) is 17.3. The van der Waals surface area contributed by atoms with Crippen LogP contribution in [-0.4, -0.2) is 36.5 Å². The lowest BCUT2D eigenvalue weighted by Gasteiger charge is -2.31. The number of halogens is 4. The predicted octanol–water partition coefficient (Wildman–Crippen LogP) is 5.60. The summed E-state index contributed by atoms with van der Waals surface area (Å²) in [7, 11) is 0. The molecule has 1 aromatic carbocycles. The standard InChI is InChI=1S/C22H29F4NO3/c1-2-3-4-5-6-7-15-30-21(29)16-11-13-27(14-12-16)20(28)17-9-8-10-18(19(17)23)22(24,25)26/h8-10,16H,2-7,11-15H2,1H3. The molecular formula is C22H29F4NO3. The molecule has 1 fully saturated rings. The van der Waals surface area contributed by atoms with Crippen molar-refractivity contribution in [2.24, 2.45) is 5.92 Å². The van der Waals surface area contributed by atoms with Crippen LogP contribution in [0.25, 0.3) is 0 Å². The van der Waals surface area contributed by atoms with Gasteiger partial charge in [-0.25, -0.2) is 4.39 Å². The summed E-state index contributed by atoms with van der Waals surface area (Å²) in [5, 5.41) is 0. The number of unbranched alkanes of at least 4 members (excludes halogenated alkanes) is 5. The van der Waals surface area contributed by atoms with Crippen molar-refractivity contribution >= 4 is 11.9 Å². The zero-order chi connectivity index (χ0) is 22.1. The second kappa shape index (κ2) is 11.3. The first-order valence-electron chi connectivity index (χ1n) is 10.6. The Labute approximate surface area is 174 Å². The normalized spacial score (nSPS) is 15.3. The molecule has 0 unspecified atom stereocenters. The third-order valence-electron chi connectivity index (χ3n) is 5.39. The number of benzene rings is 1. The number of hydrogen-bond donors (Lipinski definition) is 0. The second-order valence-corrected chi connectivity index (χ2v) is 7.67. The van der Waals surface area contributed by atoms with E-state index in [4.69, 9.17) is 4.74 Å². The quantitative estimate of drug-likeness (QED) is 0.290. The van der Waals surface area contributed by atoms with E-state index in [1.165, 1.54) is 24.2 Å². The fourth-order valence-corrected chi connectivity index (χ4v) is 3.58. The highest BCUT2D eigenvalue weighted by molar-refractivity contribution is 5.95. The van der Waals surface area contributed by atoms with E-state index in [-0.39, 0.29) is 25.0 Å². The van der Waals surface area contributed by atoms with Crippen LogP contribution in [0, 0.1) is 11.7 Å². The number of piperidine rings is 1. The van der Waals surface area contributed by atoms with Crippen molar-refractivity contribution in [2.45, 2.75) is 64.5 Å². The number of carbonyl (C=O) groups is 2. The molecule has 0 bridgehead atoms. The van der Waals surface area contributed by atoms with Gasteiger partial charge in [-0.05, 0) is 31.4 Å². The monoisotopic (exact) mass is 431 g/mol. The third-order valence-corrected chi connectivity index (χ3v) is 5.39. The van der Waals surface area contributed by atoms with E-state index in [1.807, 2.05) is 0 Å². The van der Waals surface area contributed by atoms with Crippen LogP contribution in [0.4, 0.5) is 17.6 Å². The maximum Gasteiger partial charge on any atom is 0.419 e. The van der Waals surface area contributed by atoms with Gasteiger partial charge in [0, 0.05) is 13.1 Å². The summed E-state index contributed by atoms with van der Waals surface area (Å²) in [5.74, 6) is -3.01. The van der Waals surface area contributed by atoms with Crippen molar-refractivity contribution in [1.82, 2.24) is 4.90 Å². The van der Waals surface area contributed by atoms with E-state index in [1.54, 1.807) is 0 Å². The Morgan fingerprint density at radius 1 is 1.07 bits per heavy atom. The molecule has 168 valence electrons. The number of esters is 1. The maximum absolute atomic E-state index is 14.2. The Hall–Kier alpha value is -2.12. The van der Waals surface area contributed by atoms with Crippen LogP contribution >= 0.6 is 0 Å². The Bertz CT molecular complexity index is 713. The minimum atomic E-state index is -4.87.